The maximum absolute atomic E-state index is 5.97. The zero-order valence-corrected chi connectivity index (χ0v) is 9.28. The fourth-order valence-electron chi connectivity index (χ4n) is 2.69. The zero-order valence-electron chi connectivity index (χ0n) is 9.28. The van der Waals surface area contributed by atoms with Gasteiger partial charge in [-0.15, -0.1) is 0 Å². The maximum atomic E-state index is 5.97. The third-order valence-electron chi connectivity index (χ3n) is 3.65. The second-order valence-electron chi connectivity index (χ2n) is 4.80. The Kier molecular flexibility index (Phi) is 3.37. The first-order chi connectivity index (χ1) is 7.35. The van der Waals surface area contributed by atoms with Crippen LogP contribution in [0.3, 0.4) is 0 Å². The van der Waals surface area contributed by atoms with Crippen molar-refractivity contribution in [1.29, 1.82) is 0 Å². The monoisotopic (exact) mass is 204 g/mol. The van der Waals surface area contributed by atoms with Crippen LogP contribution in [0.4, 0.5) is 0 Å². The van der Waals surface area contributed by atoms with Gasteiger partial charge in [-0.25, -0.2) is 0 Å². The van der Waals surface area contributed by atoms with Crippen LogP contribution in [0.5, 0.6) is 0 Å². The Morgan fingerprint density at radius 1 is 1.27 bits per heavy atom. The van der Waals surface area contributed by atoms with E-state index >= 15 is 0 Å². The highest BCUT2D eigenvalue weighted by Crippen LogP contribution is 2.38. The smallest absolute Gasteiger partial charge is 0.0300 e. The van der Waals surface area contributed by atoms with Crippen molar-refractivity contribution in [2.45, 2.75) is 38.5 Å². The van der Waals surface area contributed by atoms with Crippen LogP contribution in [0, 0.1) is 5.41 Å². The van der Waals surface area contributed by atoms with Gasteiger partial charge in [-0.2, -0.15) is 0 Å². The Morgan fingerprint density at radius 2 is 2.07 bits per heavy atom. The van der Waals surface area contributed by atoms with Crippen LogP contribution in [0.15, 0.2) is 24.5 Å². The molecule has 2 heteroatoms. The van der Waals surface area contributed by atoms with Gasteiger partial charge in [0.1, 0.15) is 0 Å². The standard InChI is InChI=1S/C13H20N2/c14-11-13(6-2-1-3-7-13)9-12-5-4-8-15-10-12/h4-5,8,10H,1-3,6-7,9,11,14H2. The van der Waals surface area contributed by atoms with Crippen LogP contribution < -0.4 is 5.73 Å². The highest BCUT2D eigenvalue weighted by molar-refractivity contribution is 5.11. The Labute approximate surface area is 91.9 Å². The molecule has 15 heavy (non-hydrogen) atoms. The molecule has 82 valence electrons. The van der Waals surface area contributed by atoms with Gasteiger partial charge in [0.15, 0.2) is 0 Å². The molecule has 1 aliphatic carbocycles. The molecule has 1 saturated carbocycles. The number of hydrogen-bond acceptors (Lipinski definition) is 2. The molecule has 1 aliphatic rings. The summed E-state index contributed by atoms with van der Waals surface area (Å²) in [5.41, 5.74) is 7.67. The summed E-state index contributed by atoms with van der Waals surface area (Å²) in [5, 5.41) is 0. The molecule has 0 bridgehead atoms. The molecular weight excluding hydrogens is 184 g/mol. The SMILES string of the molecule is NCC1(Cc2cccnc2)CCCCC1. The Morgan fingerprint density at radius 3 is 2.67 bits per heavy atom. The molecule has 0 aliphatic heterocycles. The molecule has 2 N–H and O–H groups in total. The quantitative estimate of drug-likeness (QED) is 0.821. The predicted octanol–water partition coefficient (Wildman–Crippen LogP) is 2.53. The minimum Gasteiger partial charge on any atom is -0.330 e. The summed E-state index contributed by atoms with van der Waals surface area (Å²) in [5.74, 6) is 0. The van der Waals surface area contributed by atoms with Crippen molar-refractivity contribution in [3.8, 4) is 0 Å². The van der Waals surface area contributed by atoms with Crippen molar-refractivity contribution in [1.82, 2.24) is 4.98 Å². The average Bonchev–Trinajstić information content (AvgIpc) is 2.32. The van der Waals surface area contributed by atoms with Crippen molar-refractivity contribution in [3.05, 3.63) is 30.1 Å². The molecule has 0 aromatic carbocycles. The van der Waals surface area contributed by atoms with Gasteiger partial charge in [-0.1, -0.05) is 25.3 Å². The lowest BCUT2D eigenvalue weighted by atomic mass is 9.70. The average molecular weight is 204 g/mol. The van der Waals surface area contributed by atoms with Crippen LogP contribution >= 0.6 is 0 Å². The van der Waals surface area contributed by atoms with E-state index < -0.39 is 0 Å². The maximum Gasteiger partial charge on any atom is 0.0300 e. The van der Waals surface area contributed by atoms with Gasteiger partial charge in [0, 0.05) is 12.4 Å². The van der Waals surface area contributed by atoms with E-state index in [9.17, 15) is 0 Å². The van der Waals surface area contributed by atoms with Gasteiger partial charge in [0.05, 0.1) is 0 Å². The number of rotatable bonds is 3. The number of nitrogens with two attached hydrogens (primary N) is 1. The van der Waals surface area contributed by atoms with E-state index in [1.54, 1.807) is 0 Å². The van der Waals surface area contributed by atoms with E-state index in [-0.39, 0.29) is 0 Å². The van der Waals surface area contributed by atoms with Crippen molar-refractivity contribution in [3.63, 3.8) is 0 Å². The van der Waals surface area contributed by atoms with E-state index in [0.717, 1.165) is 13.0 Å². The molecule has 0 amide bonds. The van der Waals surface area contributed by atoms with Gasteiger partial charge in [-0.05, 0) is 42.9 Å². The topological polar surface area (TPSA) is 38.9 Å². The van der Waals surface area contributed by atoms with Crippen molar-refractivity contribution in [2.24, 2.45) is 11.1 Å². The fourth-order valence-corrected chi connectivity index (χ4v) is 2.69. The molecule has 1 aromatic heterocycles. The van der Waals surface area contributed by atoms with Crippen LogP contribution in [0.2, 0.25) is 0 Å². The molecular formula is C13H20N2. The van der Waals surface area contributed by atoms with Gasteiger partial charge >= 0.3 is 0 Å². The van der Waals surface area contributed by atoms with Crippen molar-refractivity contribution < 1.29 is 0 Å². The van der Waals surface area contributed by atoms with E-state index in [2.05, 4.69) is 11.1 Å². The molecule has 0 atom stereocenters. The van der Waals surface area contributed by atoms with E-state index in [1.807, 2.05) is 18.5 Å². The third kappa shape index (κ3) is 2.57. The molecule has 0 saturated heterocycles. The molecule has 1 fully saturated rings. The van der Waals surface area contributed by atoms with Gasteiger partial charge < -0.3 is 5.73 Å². The first-order valence-corrected chi connectivity index (χ1v) is 5.94. The summed E-state index contributed by atoms with van der Waals surface area (Å²) < 4.78 is 0. The minimum atomic E-state index is 0.362. The van der Waals surface area contributed by atoms with E-state index in [0.29, 0.717) is 5.41 Å². The minimum absolute atomic E-state index is 0.362. The summed E-state index contributed by atoms with van der Waals surface area (Å²) in [4.78, 5) is 4.17. The molecule has 0 spiro atoms. The first-order valence-electron chi connectivity index (χ1n) is 5.94. The van der Waals surface area contributed by atoms with Crippen LogP contribution in [-0.2, 0) is 6.42 Å². The van der Waals surface area contributed by atoms with Gasteiger partial charge in [0.25, 0.3) is 0 Å². The fraction of sp³-hybridized carbons (Fsp3) is 0.615. The first kappa shape index (κ1) is 10.6. The zero-order chi connectivity index (χ0) is 10.6. The van der Waals surface area contributed by atoms with Crippen molar-refractivity contribution in [2.75, 3.05) is 6.54 Å². The highest BCUT2D eigenvalue weighted by atomic mass is 14.6. The summed E-state index contributed by atoms with van der Waals surface area (Å²) in [6, 6.07) is 4.18. The summed E-state index contributed by atoms with van der Waals surface area (Å²) >= 11 is 0. The van der Waals surface area contributed by atoms with Gasteiger partial charge in [0.2, 0.25) is 0 Å². The molecule has 0 unspecified atom stereocenters. The number of aromatic nitrogens is 1. The lowest BCUT2D eigenvalue weighted by Crippen LogP contribution is -2.34. The van der Waals surface area contributed by atoms with Crippen LogP contribution in [0.1, 0.15) is 37.7 Å². The lowest BCUT2D eigenvalue weighted by molar-refractivity contribution is 0.197. The number of pyridine rings is 1. The molecule has 2 rings (SSSR count). The lowest BCUT2D eigenvalue weighted by Gasteiger charge is -2.36. The molecule has 2 nitrogen and oxygen atoms in total. The second kappa shape index (κ2) is 4.75. The molecule has 1 aromatic rings. The van der Waals surface area contributed by atoms with Gasteiger partial charge in [-0.3, -0.25) is 4.98 Å². The van der Waals surface area contributed by atoms with Crippen molar-refractivity contribution >= 4 is 0 Å². The van der Waals surface area contributed by atoms with E-state index in [1.165, 1.54) is 37.7 Å². The molecule has 0 radical (unpaired) electrons. The highest BCUT2D eigenvalue weighted by Gasteiger charge is 2.30. The summed E-state index contributed by atoms with van der Waals surface area (Å²) in [6.07, 6.45) is 11.6. The number of nitrogens with zero attached hydrogens (tertiary/aromatic N) is 1. The summed E-state index contributed by atoms with van der Waals surface area (Å²) in [7, 11) is 0. The Balaban J connectivity index is 2.07. The number of hydrogen-bond donors (Lipinski definition) is 1. The third-order valence-corrected chi connectivity index (χ3v) is 3.65. The second-order valence-corrected chi connectivity index (χ2v) is 4.80. The normalized spacial score (nSPS) is 20.1. The molecule has 1 heterocycles. The Hall–Kier alpha value is -0.890. The largest absolute Gasteiger partial charge is 0.330 e. The Bertz CT molecular complexity index is 289. The predicted molar refractivity (Wildman–Crippen MR) is 62.5 cm³/mol. The summed E-state index contributed by atoms with van der Waals surface area (Å²) in [6.45, 7) is 0.821. The van der Waals surface area contributed by atoms with Crippen LogP contribution in [-0.4, -0.2) is 11.5 Å². The van der Waals surface area contributed by atoms with Crippen LogP contribution in [0.25, 0.3) is 0 Å². The van der Waals surface area contributed by atoms with E-state index in [4.69, 9.17) is 5.73 Å².